The van der Waals surface area contributed by atoms with Crippen LogP contribution in [0.5, 0.6) is 0 Å². The fraction of sp³-hybridized carbons (Fsp3) is 0.658. The highest BCUT2D eigenvalue weighted by Gasteiger charge is 2.55. The number of ether oxygens (including phenoxy) is 6. The van der Waals surface area contributed by atoms with Crippen molar-refractivity contribution < 1.29 is 52.4 Å². The van der Waals surface area contributed by atoms with Crippen LogP contribution < -0.4 is 5.32 Å². The summed E-state index contributed by atoms with van der Waals surface area (Å²) < 4.78 is 36.2. The van der Waals surface area contributed by atoms with Crippen LogP contribution in [0.3, 0.4) is 0 Å². The van der Waals surface area contributed by atoms with E-state index in [0.717, 1.165) is 5.56 Å². The van der Waals surface area contributed by atoms with Crippen molar-refractivity contribution in [3.8, 4) is 0 Å². The Morgan fingerprint density at radius 1 is 0.700 bits per heavy atom. The number of aryl methyl sites for hydroxylation is 1. The lowest BCUT2D eigenvalue weighted by Crippen LogP contribution is -2.67. The Balaban J connectivity index is 2.23. The molecule has 3 rings (SSSR count). The third-order valence-corrected chi connectivity index (χ3v) is 7.97. The van der Waals surface area contributed by atoms with Gasteiger partial charge in [-0.2, -0.15) is 0 Å². The Morgan fingerprint density at radius 2 is 1.16 bits per heavy atom. The Labute approximate surface area is 295 Å². The highest BCUT2D eigenvalue weighted by Crippen LogP contribution is 2.35. The van der Waals surface area contributed by atoms with E-state index in [1.54, 1.807) is 89.2 Å². The maximum Gasteiger partial charge on any atom is 0.331 e. The van der Waals surface area contributed by atoms with Crippen LogP contribution in [0.2, 0.25) is 0 Å². The number of cyclic esters (lactones) is 1. The number of nitrogens with one attached hydrogen (secondary N) is 1. The van der Waals surface area contributed by atoms with E-state index in [9.17, 15) is 24.0 Å². The molecule has 0 radical (unpaired) electrons. The summed E-state index contributed by atoms with van der Waals surface area (Å²) >= 11 is 0. The highest BCUT2D eigenvalue weighted by atomic mass is 16.7. The van der Waals surface area contributed by atoms with E-state index >= 15 is 0 Å². The van der Waals surface area contributed by atoms with Crippen LogP contribution in [0, 0.1) is 28.6 Å². The molecule has 0 bridgehead atoms. The minimum Gasteiger partial charge on any atom is -0.462 e. The highest BCUT2D eigenvalue weighted by molar-refractivity contribution is 5.84. The average molecular weight is 702 g/mol. The standard InChI is InChI=1S/C38H55NO11/c1-21-14-16-22(17-15-21)26(23-18-19-25(40)46-23)39-30-29(50-34(44)38(11,12)13)28(49-33(43)37(8,9)10)27(48-32(42)36(5,6)7)24(47-30)20-45-31(41)35(2,3)4/h14-19,23-24,26-30,39H,20H2,1-13H3/t23-,24+,26+,27-,28-,29+,30+/m0/s1. The number of benzene rings is 1. The fourth-order valence-corrected chi connectivity index (χ4v) is 4.76. The molecule has 2 heterocycles. The topological polar surface area (TPSA) is 153 Å². The number of hydrogen-bond donors (Lipinski definition) is 1. The predicted molar refractivity (Wildman–Crippen MR) is 183 cm³/mol. The monoisotopic (exact) mass is 701 g/mol. The summed E-state index contributed by atoms with van der Waals surface area (Å²) in [4.78, 5) is 65.9. The van der Waals surface area contributed by atoms with Crippen molar-refractivity contribution in [2.75, 3.05) is 6.61 Å². The third kappa shape index (κ3) is 10.6. The zero-order chi connectivity index (χ0) is 38.0. The third-order valence-electron chi connectivity index (χ3n) is 7.97. The van der Waals surface area contributed by atoms with E-state index in [2.05, 4.69) is 5.32 Å². The largest absolute Gasteiger partial charge is 0.462 e. The predicted octanol–water partition coefficient (Wildman–Crippen LogP) is 5.30. The smallest absolute Gasteiger partial charge is 0.331 e. The van der Waals surface area contributed by atoms with Crippen LogP contribution >= 0.6 is 0 Å². The van der Waals surface area contributed by atoms with Gasteiger partial charge < -0.3 is 28.4 Å². The molecule has 0 spiro atoms. The average Bonchev–Trinajstić information content (AvgIpc) is 3.41. The van der Waals surface area contributed by atoms with E-state index < -0.39 is 101 Å². The van der Waals surface area contributed by atoms with Gasteiger partial charge in [0.25, 0.3) is 0 Å². The normalized spacial score (nSPS) is 24.9. The molecule has 12 nitrogen and oxygen atoms in total. The lowest BCUT2D eigenvalue weighted by Gasteiger charge is -2.47. The van der Waals surface area contributed by atoms with Gasteiger partial charge in [0.1, 0.15) is 18.8 Å². The molecule has 0 saturated carbocycles. The second-order valence-corrected chi connectivity index (χ2v) is 17.1. The first-order chi connectivity index (χ1) is 22.8. The maximum absolute atomic E-state index is 13.6. The molecule has 50 heavy (non-hydrogen) atoms. The number of carbonyl (C=O) groups excluding carboxylic acids is 5. The zero-order valence-electron chi connectivity index (χ0n) is 31.7. The molecule has 0 amide bonds. The molecule has 1 aromatic carbocycles. The molecule has 7 atom stereocenters. The van der Waals surface area contributed by atoms with Crippen LogP contribution in [0.15, 0.2) is 36.4 Å². The zero-order valence-corrected chi connectivity index (χ0v) is 31.7. The van der Waals surface area contributed by atoms with Crippen molar-refractivity contribution in [1.29, 1.82) is 0 Å². The van der Waals surface area contributed by atoms with Crippen LogP contribution in [0.1, 0.15) is 100 Å². The molecule has 2 aliphatic heterocycles. The van der Waals surface area contributed by atoms with Gasteiger partial charge in [0.2, 0.25) is 0 Å². The molecule has 1 saturated heterocycles. The summed E-state index contributed by atoms with van der Waals surface area (Å²) in [5.74, 6) is -3.04. The molecule has 0 aromatic heterocycles. The van der Waals surface area contributed by atoms with Crippen LogP contribution in [0.4, 0.5) is 0 Å². The Kier molecular flexibility index (Phi) is 12.4. The van der Waals surface area contributed by atoms with Gasteiger partial charge in [-0.05, 0) is 102 Å². The summed E-state index contributed by atoms with van der Waals surface area (Å²) in [6.45, 7) is 21.6. The van der Waals surface area contributed by atoms with Gasteiger partial charge in [0.15, 0.2) is 24.5 Å². The summed E-state index contributed by atoms with van der Waals surface area (Å²) in [6.07, 6.45) is -4.54. The molecule has 2 aliphatic rings. The van der Waals surface area contributed by atoms with Crippen molar-refractivity contribution in [1.82, 2.24) is 5.32 Å². The Hall–Kier alpha value is -3.77. The van der Waals surface area contributed by atoms with Gasteiger partial charge in [-0.1, -0.05) is 29.8 Å². The van der Waals surface area contributed by atoms with Gasteiger partial charge in [-0.15, -0.1) is 0 Å². The lowest BCUT2D eigenvalue weighted by molar-refractivity contribution is -0.266. The quantitative estimate of drug-likeness (QED) is 0.263. The summed E-state index contributed by atoms with van der Waals surface area (Å²) in [6, 6.07) is 6.77. The van der Waals surface area contributed by atoms with E-state index in [0.29, 0.717) is 5.56 Å². The van der Waals surface area contributed by atoms with Gasteiger partial charge in [-0.3, -0.25) is 24.5 Å². The number of carbonyl (C=O) groups is 5. The second-order valence-electron chi connectivity index (χ2n) is 17.1. The SMILES string of the molecule is Cc1ccc([C@@H](N[C@@H]2O[C@H](COC(=O)C(C)(C)C)[C@H](OC(=O)C(C)(C)C)[C@H](OC(=O)C(C)(C)C)[C@H]2OC(=O)C(C)(C)C)[C@@H]2C=CC(=O)O2)cc1. The van der Waals surface area contributed by atoms with Gasteiger partial charge in [0.05, 0.1) is 27.7 Å². The maximum atomic E-state index is 13.6. The van der Waals surface area contributed by atoms with Crippen molar-refractivity contribution in [3.05, 3.63) is 47.5 Å². The molecule has 12 heteroatoms. The van der Waals surface area contributed by atoms with E-state index in [1.807, 2.05) is 31.2 Å². The molecule has 0 aliphatic carbocycles. The number of hydrogen-bond acceptors (Lipinski definition) is 12. The van der Waals surface area contributed by atoms with Crippen LogP contribution in [0.25, 0.3) is 0 Å². The van der Waals surface area contributed by atoms with Gasteiger partial charge >= 0.3 is 29.8 Å². The first kappa shape index (κ1) is 40.7. The first-order valence-electron chi connectivity index (χ1n) is 17.0. The second kappa shape index (κ2) is 15.2. The van der Waals surface area contributed by atoms with Crippen molar-refractivity contribution in [3.63, 3.8) is 0 Å². The first-order valence-corrected chi connectivity index (χ1v) is 17.0. The molecule has 278 valence electrons. The summed E-state index contributed by atoms with van der Waals surface area (Å²) in [5.41, 5.74) is -2.17. The van der Waals surface area contributed by atoms with Crippen molar-refractivity contribution in [2.45, 2.75) is 133 Å². The summed E-state index contributed by atoms with van der Waals surface area (Å²) in [5, 5.41) is 3.35. The molecular weight excluding hydrogens is 646 g/mol. The Bertz CT molecular complexity index is 1440. The Morgan fingerprint density at radius 3 is 1.60 bits per heavy atom. The van der Waals surface area contributed by atoms with Crippen molar-refractivity contribution >= 4 is 29.8 Å². The lowest BCUT2D eigenvalue weighted by atomic mass is 9.92. The number of rotatable bonds is 9. The molecular formula is C38H55NO11. The van der Waals surface area contributed by atoms with Crippen LogP contribution in [-0.4, -0.2) is 73.2 Å². The minimum atomic E-state index is -1.43. The van der Waals surface area contributed by atoms with E-state index in [1.165, 1.54) is 6.08 Å². The molecule has 1 aromatic rings. The molecule has 1 N–H and O–H groups in total. The van der Waals surface area contributed by atoms with Crippen LogP contribution in [-0.2, 0) is 52.4 Å². The molecule has 0 unspecified atom stereocenters. The minimum absolute atomic E-state index is 0.395. The molecule has 1 fully saturated rings. The van der Waals surface area contributed by atoms with Gasteiger partial charge in [-0.25, -0.2) is 4.79 Å². The van der Waals surface area contributed by atoms with Gasteiger partial charge in [0, 0.05) is 6.08 Å². The van der Waals surface area contributed by atoms with Crippen molar-refractivity contribution in [2.24, 2.45) is 21.7 Å². The summed E-state index contributed by atoms with van der Waals surface area (Å²) in [7, 11) is 0. The fourth-order valence-electron chi connectivity index (χ4n) is 4.76. The van der Waals surface area contributed by atoms with E-state index in [-0.39, 0.29) is 0 Å². The van der Waals surface area contributed by atoms with E-state index in [4.69, 9.17) is 28.4 Å². The number of esters is 5.